The molecule has 1 atom stereocenters. The first-order chi connectivity index (χ1) is 10.8. The summed E-state index contributed by atoms with van der Waals surface area (Å²) in [5.74, 6) is 2.18. The zero-order chi connectivity index (χ0) is 15.1. The molecule has 6 nitrogen and oxygen atoms in total. The standard InChI is InChI=1S/C14H17ClN6S/c1-2-11-18-19-12-4-3-9(8-21(11)12)16-7-10-13(15)17-14-20(10)5-6-22-14/h5-6,9,16H,2-4,7-8H2,1H3. The van der Waals surface area contributed by atoms with Gasteiger partial charge in [0.25, 0.3) is 0 Å². The van der Waals surface area contributed by atoms with Gasteiger partial charge in [0.2, 0.25) is 0 Å². The van der Waals surface area contributed by atoms with Crippen molar-refractivity contribution in [1.82, 2.24) is 29.5 Å². The molecule has 3 aromatic rings. The van der Waals surface area contributed by atoms with E-state index < -0.39 is 0 Å². The van der Waals surface area contributed by atoms with Gasteiger partial charge in [-0.2, -0.15) is 0 Å². The second kappa shape index (κ2) is 5.64. The van der Waals surface area contributed by atoms with Crippen molar-refractivity contribution >= 4 is 27.9 Å². The molecule has 0 spiro atoms. The maximum absolute atomic E-state index is 6.25. The SMILES string of the molecule is CCc1nnc2n1CC(NCc1c(Cl)nc3sccn13)CC2. The van der Waals surface area contributed by atoms with Crippen molar-refractivity contribution in [2.45, 2.75) is 45.3 Å². The van der Waals surface area contributed by atoms with Crippen molar-refractivity contribution in [3.63, 3.8) is 0 Å². The van der Waals surface area contributed by atoms with Gasteiger partial charge in [0, 0.05) is 43.5 Å². The van der Waals surface area contributed by atoms with E-state index in [-0.39, 0.29) is 0 Å². The van der Waals surface area contributed by atoms with Crippen molar-refractivity contribution in [2.24, 2.45) is 0 Å². The Hall–Kier alpha value is -1.44. The first-order valence-corrected chi connectivity index (χ1v) is 8.76. The lowest BCUT2D eigenvalue weighted by Gasteiger charge is -2.25. The number of hydrogen-bond acceptors (Lipinski definition) is 5. The molecule has 0 saturated heterocycles. The topological polar surface area (TPSA) is 60.0 Å². The number of fused-ring (bicyclic) bond motifs is 2. The smallest absolute Gasteiger partial charge is 0.195 e. The number of aromatic nitrogens is 5. The van der Waals surface area contributed by atoms with Gasteiger partial charge in [-0.15, -0.1) is 21.5 Å². The van der Waals surface area contributed by atoms with Gasteiger partial charge in [0.1, 0.15) is 11.6 Å². The number of nitrogens with one attached hydrogen (secondary N) is 1. The molecule has 0 amide bonds. The van der Waals surface area contributed by atoms with Crippen molar-refractivity contribution in [1.29, 1.82) is 0 Å². The van der Waals surface area contributed by atoms with Gasteiger partial charge in [0.05, 0.1) is 5.69 Å². The third-order valence-electron chi connectivity index (χ3n) is 4.21. The van der Waals surface area contributed by atoms with E-state index in [4.69, 9.17) is 11.6 Å². The van der Waals surface area contributed by atoms with Crippen LogP contribution in [0.1, 0.15) is 30.7 Å². The maximum Gasteiger partial charge on any atom is 0.195 e. The number of hydrogen-bond donors (Lipinski definition) is 1. The minimum absolute atomic E-state index is 0.411. The number of thiazole rings is 1. The molecule has 0 bridgehead atoms. The Balaban J connectivity index is 1.48. The van der Waals surface area contributed by atoms with E-state index in [1.807, 2.05) is 11.6 Å². The van der Waals surface area contributed by atoms with E-state index >= 15 is 0 Å². The largest absolute Gasteiger partial charge is 0.313 e. The molecule has 1 aliphatic rings. The van der Waals surface area contributed by atoms with Crippen LogP contribution in [-0.4, -0.2) is 30.2 Å². The summed E-state index contributed by atoms with van der Waals surface area (Å²) in [6, 6.07) is 0.411. The molecular formula is C14H17ClN6S. The summed E-state index contributed by atoms with van der Waals surface area (Å²) in [6.45, 7) is 3.77. The Kier molecular flexibility index (Phi) is 3.63. The van der Waals surface area contributed by atoms with Gasteiger partial charge in [-0.25, -0.2) is 4.98 Å². The van der Waals surface area contributed by atoms with Crippen molar-refractivity contribution in [3.05, 3.63) is 34.1 Å². The Bertz CT molecular complexity index is 790. The Morgan fingerprint density at radius 2 is 2.36 bits per heavy atom. The van der Waals surface area contributed by atoms with Crippen LogP contribution < -0.4 is 5.32 Å². The molecule has 22 heavy (non-hydrogen) atoms. The fourth-order valence-corrected chi connectivity index (χ4v) is 4.04. The predicted octanol–water partition coefficient (Wildman–Crippen LogP) is 2.31. The normalized spacial score (nSPS) is 18.0. The molecule has 3 aromatic heterocycles. The van der Waals surface area contributed by atoms with Crippen molar-refractivity contribution in [3.8, 4) is 0 Å². The summed E-state index contributed by atoms with van der Waals surface area (Å²) in [5.41, 5.74) is 1.03. The van der Waals surface area contributed by atoms with E-state index in [0.29, 0.717) is 11.2 Å². The van der Waals surface area contributed by atoms with Gasteiger partial charge >= 0.3 is 0 Å². The van der Waals surface area contributed by atoms with Crippen LogP contribution in [-0.2, 0) is 25.9 Å². The summed E-state index contributed by atoms with van der Waals surface area (Å²) >= 11 is 7.85. The fraction of sp³-hybridized carbons (Fsp3) is 0.500. The molecule has 1 N–H and O–H groups in total. The molecule has 1 aliphatic heterocycles. The lowest BCUT2D eigenvalue weighted by Crippen LogP contribution is -2.37. The van der Waals surface area contributed by atoms with Gasteiger partial charge in [0.15, 0.2) is 10.1 Å². The molecule has 4 heterocycles. The van der Waals surface area contributed by atoms with Crippen LogP contribution in [0, 0.1) is 0 Å². The molecule has 0 saturated carbocycles. The molecular weight excluding hydrogens is 320 g/mol. The highest BCUT2D eigenvalue weighted by Gasteiger charge is 2.22. The Morgan fingerprint density at radius 3 is 3.23 bits per heavy atom. The summed E-state index contributed by atoms with van der Waals surface area (Å²) in [4.78, 5) is 5.32. The highest BCUT2D eigenvalue weighted by atomic mass is 35.5. The summed E-state index contributed by atoms with van der Waals surface area (Å²) in [6.07, 6.45) is 4.98. The van der Waals surface area contributed by atoms with Crippen LogP contribution in [0.15, 0.2) is 11.6 Å². The van der Waals surface area contributed by atoms with Crippen LogP contribution in [0.25, 0.3) is 4.96 Å². The van der Waals surface area contributed by atoms with Crippen molar-refractivity contribution in [2.75, 3.05) is 0 Å². The summed E-state index contributed by atoms with van der Waals surface area (Å²) < 4.78 is 4.31. The highest BCUT2D eigenvalue weighted by molar-refractivity contribution is 7.15. The Morgan fingerprint density at radius 1 is 1.45 bits per heavy atom. The molecule has 116 valence electrons. The average molecular weight is 337 g/mol. The van der Waals surface area contributed by atoms with E-state index in [1.54, 1.807) is 11.3 Å². The van der Waals surface area contributed by atoms with Gasteiger partial charge in [-0.3, -0.25) is 4.40 Å². The quantitative estimate of drug-likeness (QED) is 0.794. The zero-order valence-electron chi connectivity index (χ0n) is 12.3. The zero-order valence-corrected chi connectivity index (χ0v) is 13.9. The third kappa shape index (κ3) is 2.33. The van der Waals surface area contributed by atoms with Gasteiger partial charge in [-0.05, 0) is 6.42 Å². The molecule has 0 aromatic carbocycles. The lowest BCUT2D eigenvalue weighted by atomic mass is 10.1. The molecule has 0 aliphatic carbocycles. The van der Waals surface area contributed by atoms with Gasteiger partial charge in [-0.1, -0.05) is 18.5 Å². The fourth-order valence-electron chi connectivity index (χ4n) is 3.02. The first-order valence-electron chi connectivity index (χ1n) is 7.50. The number of rotatable bonds is 4. The van der Waals surface area contributed by atoms with Crippen LogP contribution >= 0.6 is 22.9 Å². The predicted molar refractivity (Wildman–Crippen MR) is 86.4 cm³/mol. The molecule has 8 heteroatoms. The summed E-state index contributed by atoms with van der Waals surface area (Å²) in [7, 11) is 0. The molecule has 4 rings (SSSR count). The molecule has 0 fully saturated rings. The Labute approximate surface area is 137 Å². The number of halogens is 1. The number of aryl methyl sites for hydroxylation is 2. The van der Waals surface area contributed by atoms with E-state index in [1.165, 1.54) is 0 Å². The van der Waals surface area contributed by atoms with Gasteiger partial charge < -0.3 is 9.88 Å². The third-order valence-corrected chi connectivity index (χ3v) is 5.27. The minimum Gasteiger partial charge on any atom is -0.313 e. The average Bonchev–Trinajstić information content (AvgIpc) is 3.19. The van der Waals surface area contributed by atoms with Crippen LogP contribution in [0.5, 0.6) is 0 Å². The second-order valence-electron chi connectivity index (χ2n) is 5.52. The minimum atomic E-state index is 0.411. The molecule has 1 unspecified atom stereocenters. The van der Waals surface area contributed by atoms with E-state index in [0.717, 1.165) is 54.7 Å². The number of nitrogens with zero attached hydrogens (tertiary/aromatic N) is 5. The number of imidazole rings is 1. The van der Waals surface area contributed by atoms with Crippen molar-refractivity contribution < 1.29 is 0 Å². The monoisotopic (exact) mass is 336 g/mol. The van der Waals surface area contributed by atoms with Crippen LogP contribution in [0.3, 0.4) is 0 Å². The highest BCUT2D eigenvalue weighted by Crippen LogP contribution is 2.22. The van der Waals surface area contributed by atoms with E-state index in [9.17, 15) is 0 Å². The van der Waals surface area contributed by atoms with E-state index in [2.05, 4.69) is 36.4 Å². The summed E-state index contributed by atoms with van der Waals surface area (Å²) in [5, 5.41) is 14.8. The second-order valence-corrected chi connectivity index (χ2v) is 6.75. The van der Waals surface area contributed by atoms with Crippen LogP contribution in [0.2, 0.25) is 5.15 Å². The maximum atomic E-state index is 6.25. The first kappa shape index (κ1) is 14.2. The molecule has 0 radical (unpaired) electrons. The van der Waals surface area contributed by atoms with Crippen LogP contribution in [0.4, 0.5) is 0 Å². The lowest BCUT2D eigenvalue weighted by molar-refractivity contribution is 0.372.